The molecular formula is C9H15NO3. The molecule has 0 bridgehead atoms. The van der Waals surface area contributed by atoms with Gasteiger partial charge in [0.1, 0.15) is 0 Å². The lowest BCUT2D eigenvalue weighted by molar-refractivity contribution is -0.117. The molecule has 1 aliphatic rings. The van der Waals surface area contributed by atoms with Gasteiger partial charge in [-0.25, -0.2) is 4.79 Å². The van der Waals surface area contributed by atoms with Crippen LogP contribution in [0.3, 0.4) is 0 Å². The molecule has 1 saturated carbocycles. The van der Waals surface area contributed by atoms with E-state index in [1.807, 2.05) is 20.8 Å². The first kappa shape index (κ1) is 10.0. The van der Waals surface area contributed by atoms with Crippen molar-refractivity contribution < 1.29 is 14.3 Å². The summed E-state index contributed by atoms with van der Waals surface area (Å²) in [5, 5.41) is 2.63. The van der Waals surface area contributed by atoms with Gasteiger partial charge in [-0.05, 0) is 33.6 Å². The predicted molar refractivity (Wildman–Crippen MR) is 47.4 cm³/mol. The highest BCUT2D eigenvalue weighted by atomic mass is 16.6. The van der Waals surface area contributed by atoms with Gasteiger partial charge in [-0.1, -0.05) is 0 Å². The molecule has 0 aromatic carbocycles. The standard InChI is InChI=1S/C9H15NO3/c1-8(2,3)10-7(12)13-9(6-11)4-5-9/h6H,4-5H2,1-3H3,(H,10,12). The van der Waals surface area contributed by atoms with Crippen LogP contribution in [0, 0.1) is 0 Å². The van der Waals surface area contributed by atoms with E-state index < -0.39 is 11.7 Å². The summed E-state index contributed by atoms with van der Waals surface area (Å²) in [4.78, 5) is 21.7. The van der Waals surface area contributed by atoms with Crippen molar-refractivity contribution in [2.24, 2.45) is 0 Å². The number of amides is 1. The fraction of sp³-hybridized carbons (Fsp3) is 0.778. The molecule has 1 fully saturated rings. The largest absolute Gasteiger partial charge is 0.435 e. The number of alkyl carbamates (subject to hydrolysis) is 1. The van der Waals surface area contributed by atoms with Crippen LogP contribution >= 0.6 is 0 Å². The summed E-state index contributed by atoms with van der Waals surface area (Å²) >= 11 is 0. The summed E-state index contributed by atoms with van der Waals surface area (Å²) in [5.74, 6) is 0. The molecule has 0 saturated heterocycles. The summed E-state index contributed by atoms with van der Waals surface area (Å²) in [7, 11) is 0. The fourth-order valence-electron chi connectivity index (χ4n) is 0.883. The Bertz CT molecular complexity index is 226. The van der Waals surface area contributed by atoms with Crippen molar-refractivity contribution >= 4 is 12.4 Å². The van der Waals surface area contributed by atoms with Crippen LogP contribution in [0.1, 0.15) is 33.6 Å². The Labute approximate surface area is 77.6 Å². The first-order valence-corrected chi connectivity index (χ1v) is 4.34. The maximum atomic E-state index is 11.2. The number of hydrogen-bond donors (Lipinski definition) is 1. The van der Waals surface area contributed by atoms with E-state index in [2.05, 4.69) is 5.32 Å². The molecule has 0 radical (unpaired) electrons. The van der Waals surface area contributed by atoms with Gasteiger partial charge in [0.15, 0.2) is 11.9 Å². The van der Waals surface area contributed by atoms with Gasteiger partial charge in [0.2, 0.25) is 0 Å². The predicted octanol–water partition coefficient (Wildman–Crippen LogP) is 1.24. The zero-order valence-electron chi connectivity index (χ0n) is 8.22. The highest BCUT2D eigenvalue weighted by Gasteiger charge is 2.47. The molecule has 1 aliphatic carbocycles. The number of aldehydes is 1. The van der Waals surface area contributed by atoms with Crippen molar-refractivity contribution in [2.75, 3.05) is 0 Å². The molecular weight excluding hydrogens is 170 g/mol. The van der Waals surface area contributed by atoms with Crippen LogP contribution < -0.4 is 5.32 Å². The fourth-order valence-corrected chi connectivity index (χ4v) is 0.883. The van der Waals surface area contributed by atoms with Crippen LogP contribution in [-0.2, 0) is 9.53 Å². The van der Waals surface area contributed by atoms with E-state index in [1.165, 1.54) is 0 Å². The van der Waals surface area contributed by atoms with Gasteiger partial charge in [0.25, 0.3) is 0 Å². The molecule has 0 atom stereocenters. The van der Waals surface area contributed by atoms with E-state index in [-0.39, 0.29) is 5.54 Å². The minimum Gasteiger partial charge on any atom is -0.435 e. The number of ether oxygens (including phenoxy) is 1. The SMILES string of the molecule is CC(C)(C)NC(=O)OC1(C=O)CC1. The topological polar surface area (TPSA) is 55.4 Å². The van der Waals surface area contributed by atoms with Crippen LogP contribution in [0.2, 0.25) is 0 Å². The van der Waals surface area contributed by atoms with Crippen LogP contribution in [0.5, 0.6) is 0 Å². The van der Waals surface area contributed by atoms with Gasteiger partial charge in [0, 0.05) is 5.54 Å². The van der Waals surface area contributed by atoms with Crippen LogP contribution in [-0.4, -0.2) is 23.5 Å². The van der Waals surface area contributed by atoms with Crippen molar-refractivity contribution in [3.63, 3.8) is 0 Å². The molecule has 1 amide bonds. The summed E-state index contributed by atoms with van der Waals surface area (Å²) in [6.07, 6.45) is 1.48. The first-order chi connectivity index (χ1) is 5.87. The number of rotatable bonds is 2. The Morgan fingerprint density at radius 3 is 2.31 bits per heavy atom. The van der Waals surface area contributed by atoms with Crippen LogP contribution in [0.25, 0.3) is 0 Å². The van der Waals surface area contributed by atoms with E-state index in [1.54, 1.807) is 0 Å². The molecule has 0 spiro atoms. The highest BCUT2D eigenvalue weighted by molar-refractivity contribution is 5.76. The minimum atomic E-state index is -0.810. The molecule has 0 unspecified atom stereocenters. The molecule has 4 nitrogen and oxygen atoms in total. The minimum absolute atomic E-state index is 0.323. The Morgan fingerprint density at radius 2 is 2.00 bits per heavy atom. The van der Waals surface area contributed by atoms with Crippen molar-refractivity contribution in [3.05, 3.63) is 0 Å². The maximum Gasteiger partial charge on any atom is 0.408 e. The first-order valence-electron chi connectivity index (χ1n) is 4.34. The third-order valence-corrected chi connectivity index (χ3v) is 1.73. The number of hydrogen-bond acceptors (Lipinski definition) is 3. The van der Waals surface area contributed by atoms with E-state index in [0.717, 1.165) is 0 Å². The molecule has 4 heteroatoms. The molecule has 0 aromatic heterocycles. The number of nitrogens with one attached hydrogen (secondary N) is 1. The van der Waals surface area contributed by atoms with Crippen molar-refractivity contribution in [2.45, 2.75) is 44.8 Å². The van der Waals surface area contributed by atoms with Crippen LogP contribution in [0.15, 0.2) is 0 Å². The van der Waals surface area contributed by atoms with E-state index in [0.29, 0.717) is 19.1 Å². The Kier molecular flexibility index (Phi) is 2.32. The summed E-state index contributed by atoms with van der Waals surface area (Å²) in [5.41, 5.74) is -1.13. The summed E-state index contributed by atoms with van der Waals surface area (Å²) in [6, 6.07) is 0. The lowest BCUT2D eigenvalue weighted by Gasteiger charge is -2.21. The smallest absolute Gasteiger partial charge is 0.408 e. The van der Waals surface area contributed by atoms with Gasteiger partial charge in [-0.2, -0.15) is 0 Å². The summed E-state index contributed by atoms with van der Waals surface area (Å²) < 4.78 is 4.96. The zero-order chi connectivity index (χ0) is 10.1. The second-order valence-corrected chi connectivity index (χ2v) is 4.45. The van der Waals surface area contributed by atoms with E-state index in [4.69, 9.17) is 4.74 Å². The normalized spacial score (nSPS) is 19.0. The Morgan fingerprint density at radius 1 is 1.46 bits per heavy atom. The maximum absolute atomic E-state index is 11.2. The highest BCUT2D eigenvalue weighted by Crippen LogP contribution is 2.37. The number of carbonyl (C=O) groups excluding carboxylic acids is 2. The van der Waals surface area contributed by atoms with Crippen molar-refractivity contribution in [1.82, 2.24) is 5.32 Å². The monoisotopic (exact) mass is 185 g/mol. The van der Waals surface area contributed by atoms with E-state index in [9.17, 15) is 9.59 Å². The van der Waals surface area contributed by atoms with Gasteiger partial charge >= 0.3 is 6.09 Å². The molecule has 74 valence electrons. The third kappa shape index (κ3) is 3.05. The lowest BCUT2D eigenvalue weighted by Crippen LogP contribution is -2.42. The lowest BCUT2D eigenvalue weighted by atomic mass is 10.1. The van der Waals surface area contributed by atoms with Gasteiger partial charge in [-0.15, -0.1) is 0 Å². The van der Waals surface area contributed by atoms with Crippen molar-refractivity contribution in [3.8, 4) is 0 Å². The van der Waals surface area contributed by atoms with Crippen molar-refractivity contribution in [1.29, 1.82) is 0 Å². The second kappa shape index (κ2) is 3.01. The quantitative estimate of drug-likeness (QED) is 0.658. The number of carbonyl (C=O) groups is 2. The zero-order valence-corrected chi connectivity index (χ0v) is 8.22. The van der Waals surface area contributed by atoms with Crippen LogP contribution in [0.4, 0.5) is 4.79 Å². The molecule has 0 aliphatic heterocycles. The molecule has 0 aromatic rings. The Hall–Kier alpha value is -1.06. The molecule has 1 rings (SSSR count). The average Bonchev–Trinajstić information content (AvgIpc) is 2.65. The van der Waals surface area contributed by atoms with Gasteiger partial charge < -0.3 is 10.1 Å². The Balaban J connectivity index is 2.38. The van der Waals surface area contributed by atoms with Gasteiger partial charge in [0.05, 0.1) is 0 Å². The molecule has 13 heavy (non-hydrogen) atoms. The molecule has 0 heterocycles. The third-order valence-electron chi connectivity index (χ3n) is 1.73. The molecule has 1 N–H and O–H groups in total. The summed E-state index contributed by atoms with van der Waals surface area (Å²) in [6.45, 7) is 5.57. The average molecular weight is 185 g/mol. The second-order valence-electron chi connectivity index (χ2n) is 4.45. The van der Waals surface area contributed by atoms with Gasteiger partial charge in [-0.3, -0.25) is 4.79 Å². The van der Waals surface area contributed by atoms with E-state index >= 15 is 0 Å².